The second-order valence-corrected chi connectivity index (χ2v) is 6.69. The Bertz CT molecular complexity index is 587. The first-order chi connectivity index (χ1) is 11.4. The normalized spacial score (nSPS) is 28.7. The monoisotopic (exact) mass is 344 g/mol. The average Bonchev–Trinajstić information content (AvgIpc) is 2.92. The highest BCUT2D eigenvalue weighted by molar-refractivity contribution is 5.64. The van der Waals surface area contributed by atoms with Gasteiger partial charge in [-0.2, -0.15) is 5.10 Å². The molecular weight excluding hydrogens is 322 g/mol. The van der Waals surface area contributed by atoms with Gasteiger partial charge in [-0.25, -0.2) is 13.6 Å². The molecule has 0 aliphatic carbocycles. The fourth-order valence-corrected chi connectivity index (χ4v) is 3.78. The van der Waals surface area contributed by atoms with E-state index in [4.69, 9.17) is 9.84 Å². The number of aromatic nitrogens is 2. The first-order valence-electron chi connectivity index (χ1n) is 8.01. The van der Waals surface area contributed by atoms with Crippen molar-refractivity contribution in [2.45, 2.75) is 37.7 Å². The zero-order valence-corrected chi connectivity index (χ0v) is 13.5. The molecule has 0 bridgehead atoms. The largest absolute Gasteiger partial charge is 0.465 e. The molecule has 0 saturated carbocycles. The SMILES string of the molecule is Cc1c[nH]nc1C1CN(CC(F)F)CC2(CCN(C(=O)O)CO2)C1. The number of nitrogens with one attached hydrogen (secondary N) is 1. The van der Waals surface area contributed by atoms with E-state index in [1.165, 1.54) is 4.90 Å². The number of amides is 1. The van der Waals surface area contributed by atoms with Crippen LogP contribution in [-0.4, -0.2) is 76.1 Å². The van der Waals surface area contributed by atoms with Crippen molar-refractivity contribution >= 4 is 6.09 Å². The first kappa shape index (κ1) is 17.1. The van der Waals surface area contributed by atoms with Gasteiger partial charge in [0.2, 0.25) is 0 Å². The molecule has 9 heteroatoms. The van der Waals surface area contributed by atoms with Crippen LogP contribution in [0.15, 0.2) is 6.20 Å². The molecule has 2 aliphatic rings. The second kappa shape index (κ2) is 6.64. The van der Waals surface area contributed by atoms with E-state index in [0.29, 0.717) is 32.5 Å². The lowest BCUT2D eigenvalue weighted by Gasteiger charge is -2.49. The number of hydrogen-bond acceptors (Lipinski definition) is 4. The van der Waals surface area contributed by atoms with E-state index in [1.807, 2.05) is 6.92 Å². The highest BCUT2D eigenvalue weighted by Gasteiger charge is 2.45. The summed E-state index contributed by atoms with van der Waals surface area (Å²) in [5.74, 6) is -0.0138. The van der Waals surface area contributed by atoms with Crippen LogP contribution in [0, 0.1) is 6.92 Å². The number of aromatic amines is 1. The van der Waals surface area contributed by atoms with Crippen molar-refractivity contribution in [1.82, 2.24) is 20.0 Å². The molecule has 0 radical (unpaired) electrons. The van der Waals surface area contributed by atoms with Gasteiger partial charge in [-0.05, 0) is 25.3 Å². The Morgan fingerprint density at radius 2 is 2.42 bits per heavy atom. The van der Waals surface area contributed by atoms with E-state index >= 15 is 0 Å². The number of hydrogen-bond donors (Lipinski definition) is 2. The van der Waals surface area contributed by atoms with E-state index in [2.05, 4.69) is 10.2 Å². The maximum Gasteiger partial charge on any atom is 0.409 e. The summed E-state index contributed by atoms with van der Waals surface area (Å²) in [7, 11) is 0. The third-order valence-electron chi connectivity index (χ3n) is 4.90. The molecule has 3 heterocycles. The van der Waals surface area contributed by atoms with Crippen molar-refractivity contribution in [3.05, 3.63) is 17.5 Å². The maximum atomic E-state index is 12.9. The van der Waals surface area contributed by atoms with Crippen LogP contribution in [0.5, 0.6) is 0 Å². The minimum absolute atomic E-state index is 0.0138. The Kier molecular flexibility index (Phi) is 4.73. The number of halogens is 2. The lowest BCUT2D eigenvalue weighted by Crippen LogP contribution is -2.58. The predicted octanol–water partition coefficient (Wildman–Crippen LogP) is 1.87. The van der Waals surface area contributed by atoms with Gasteiger partial charge in [-0.15, -0.1) is 0 Å². The van der Waals surface area contributed by atoms with Gasteiger partial charge >= 0.3 is 6.09 Å². The van der Waals surface area contributed by atoms with Crippen LogP contribution >= 0.6 is 0 Å². The van der Waals surface area contributed by atoms with Gasteiger partial charge in [0.25, 0.3) is 6.43 Å². The molecule has 134 valence electrons. The molecule has 1 aromatic heterocycles. The fourth-order valence-electron chi connectivity index (χ4n) is 3.78. The number of aryl methyl sites for hydroxylation is 1. The number of likely N-dealkylation sites (tertiary alicyclic amines) is 1. The summed E-state index contributed by atoms with van der Waals surface area (Å²) in [6.07, 6.45) is -0.489. The lowest BCUT2D eigenvalue weighted by molar-refractivity contribution is -0.161. The zero-order valence-electron chi connectivity index (χ0n) is 13.5. The summed E-state index contributed by atoms with van der Waals surface area (Å²) >= 11 is 0. The van der Waals surface area contributed by atoms with Crippen LogP contribution < -0.4 is 0 Å². The standard InChI is InChI=1S/C15H22F2N4O3/c1-10-5-18-19-13(10)11-4-15(8-20(6-11)7-12(16)17)2-3-21(9-24-15)14(22)23/h5,11-12H,2-4,6-9H2,1H3,(H,18,19)(H,22,23). The Balaban J connectivity index is 1.78. The van der Waals surface area contributed by atoms with E-state index in [-0.39, 0.29) is 19.2 Å². The summed E-state index contributed by atoms with van der Waals surface area (Å²) in [5.41, 5.74) is 1.27. The van der Waals surface area contributed by atoms with Crippen LogP contribution in [0.25, 0.3) is 0 Å². The molecule has 7 nitrogen and oxygen atoms in total. The van der Waals surface area contributed by atoms with Gasteiger partial charge in [0.15, 0.2) is 0 Å². The topological polar surface area (TPSA) is 81.7 Å². The van der Waals surface area contributed by atoms with Crippen LogP contribution in [0.4, 0.5) is 13.6 Å². The van der Waals surface area contributed by atoms with Crippen molar-refractivity contribution in [3.63, 3.8) is 0 Å². The third kappa shape index (κ3) is 3.51. The van der Waals surface area contributed by atoms with Gasteiger partial charge in [-0.1, -0.05) is 0 Å². The van der Waals surface area contributed by atoms with Crippen LogP contribution in [0.1, 0.15) is 30.0 Å². The molecule has 2 aliphatic heterocycles. The summed E-state index contributed by atoms with van der Waals surface area (Å²) < 4.78 is 31.7. The molecule has 0 aromatic carbocycles. The summed E-state index contributed by atoms with van der Waals surface area (Å²) in [5, 5.41) is 16.2. The number of alkyl halides is 2. The van der Waals surface area contributed by atoms with Crippen molar-refractivity contribution in [2.75, 3.05) is 32.9 Å². The van der Waals surface area contributed by atoms with Gasteiger partial charge in [0.1, 0.15) is 6.73 Å². The van der Waals surface area contributed by atoms with Gasteiger partial charge in [0, 0.05) is 31.7 Å². The number of carboxylic acid groups (broad SMARTS) is 1. The number of carbonyl (C=O) groups is 1. The fraction of sp³-hybridized carbons (Fsp3) is 0.733. The van der Waals surface area contributed by atoms with Gasteiger partial charge < -0.3 is 9.84 Å². The second-order valence-electron chi connectivity index (χ2n) is 6.69. The Morgan fingerprint density at radius 1 is 1.62 bits per heavy atom. The van der Waals surface area contributed by atoms with E-state index in [9.17, 15) is 13.6 Å². The summed E-state index contributed by atoms with van der Waals surface area (Å²) in [4.78, 5) is 14.0. The highest BCUT2D eigenvalue weighted by Crippen LogP contribution is 2.39. The van der Waals surface area contributed by atoms with Crippen molar-refractivity contribution in [1.29, 1.82) is 0 Å². The number of piperidine rings is 1. The Morgan fingerprint density at radius 3 is 2.96 bits per heavy atom. The number of rotatable bonds is 3. The Hall–Kier alpha value is -1.74. The molecule has 2 fully saturated rings. The van der Waals surface area contributed by atoms with Gasteiger partial charge in [-0.3, -0.25) is 14.9 Å². The van der Waals surface area contributed by atoms with Gasteiger partial charge in [0.05, 0.1) is 17.8 Å². The molecule has 1 amide bonds. The number of nitrogens with zero attached hydrogens (tertiary/aromatic N) is 3. The molecule has 1 aromatic rings. The quantitative estimate of drug-likeness (QED) is 0.875. The van der Waals surface area contributed by atoms with Crippen LogP contribution in [0.3, 0.4) is 0 Å². The van der Waals surface area contributed by atoms with Crippen LogP contribution in [0.2, 0.25) is 0 Å². The van der Waals surface area contributed by atoms with E-state index in [0.717, 1.165) is 11.3 Å². The third-order valence-corrected chi connectivity index (χ3v) is 4.90. The number of H-pyrrole nitrogens is 1. The zero-order chi connectivity index (χ0) is 17.3. The lowest BCUT2D eigenvalue weighted by atomic mass is 9.80. The van der Waals surface area contributed by atoms with Crippen LogP contribution in [-0.2, 0) is 4.74 Å². The smallest absolute Gasteiger partial charge is 0.409 e. The number of ether oxygens (including phenoxy) is 1. The summed E-state index contributed by atoms with van der Waals surface area (Å²) in [6.45, 7) is 2.85. The van der Waals surface area contributed by atoms with Crippen molar-refractivity contribution in [3.8, 4) is 0 Å². The summed E-state index contributed by atoms with van der Waals surface area (Å²) in [6, 6.07) is 0. The van der Waals surface area contributed by atoms with Crippen molar-refractivity contribution in [2.24, 2.45) is 0 Å². The Labute approximate surface area is 138 Å². The highest BCUT2D eigenvalue weighted by atomic mass is 19.3. The molecule has 3 rings (SSSR count). The predicted molar refractivity (Wildman–Crippen MR) is 81.2 cm³/mol. The minimum atomic E-state index is -2.42. The average molecular weight is 344 g/mol. The molecule has 2 N–H and O–H groups in total. The van der Waals surface area contributed by atoms with Crippen molar-refractivity contribution < 1.29 is 23.4 Å². The molecule has 1 spiro atoms. The first-order valence-corrected chi connectivity index (χ1v) is 8.01. The minimum Gasteiger partial charge on any atom is -0.465 e. The molecule has 2 unspecified atom stereocenters. The maximum absolute atomic E-state index is 12.9. The molecule has 24 heavy (non-hydrogen) atoms. The van der Waals surface area contributed by atoms with E-state index < -0.39 is 18.1 Å². The van der Waals surface area contributed by atoms with E-state index in [1.54, 1.807) is 11.1 Å². The molecule has 2 saturated heterocycles. The molecular formula is C15H22F2N4O3. The molecule has 2 atom stereocenters.